The molecule has 1 atom stereocenters. The number of aryl methyl sites for hydroxylation is 1. The number of para-hydroxylation sites is 1. The van der Waals surface area contributed by atoms with Crippen molar-refractivity contribution in [1.29, 1.82) is 0 Å². The standard InChI is InChI=1S/C18H22N4O2/c1-13-5-2-3-7-16(13)24-18-10-20-9-15(21-18)14-6-4-8-22(11-14)12-17(19)23/h2-3,5,7,9-10,14H,4,6,8,11-12H2,1H3,(H2,19,23)/t14-/m0/s1. The number of carbonyl (C=O) groups excluding carboxylic acids is 1. The summed E-state index contributed by atoms with van der Waals surface area (Å²) in [6.45, 7) is 3.95. The molecule has 1 saturated heterocycles. The van der Waals surface area contributed by atoms with Gasteiger partial charge in [-0.15, -0.1) is 0 Å². The van der Waals surface area contributed by atoms with E-state index < -0.39 is 0 Å². The Morgan fingerprint density at radius 2 is 2.21 bits per heavy atom. The van der Waals surface area contributed by atoms with Crippen molar-refractivity contribution in [1.82, 2.24) is 14.9 Å². The van der Waals surface area contributed by atoms with Gasteiger partial charge in [0.15, 0.2) is 0 Å². The SMILES string of the molecule is Cc1ccccc1Oc1cncc([C@H]2CCCN(CC(N)=O)C2)n1. The molecule has 1 aliphatic rings. The summed E-state index contributed by atoms with van der Waals surface area (Å²) in [6.07, 6.45) is 5.45. The molecule has 0 unspecified atom stereocenters. The summed E-state index contributed by atoms with van der Waals surface area (Å²) >= 11 is 0. The van der Waals surface area contributed by atoms with Crippen molar-refractivity contribution in [3.05, 3.63) is 47.9 Å². The highest BCUT2D eigenvalue weighted by Crippen LogP contribution is 2.28. The van der Waals surface area contributed by atoms with Crippen LogP contribution in [0.2, 0.25) is 0 Å². The molecule has 0 saturated carbocycles. The molecule has 0 aliphatic carbocycles. The number of carbonyl (C=O) groups is 1. The first-order valence-electron chi connectivity index (χ1n) is 8.18. The van der Waals surface area contributed by atoms with Crippen LogP contribution in [-0.2, 0) is 4.79 Å². The van der Waals surface area contributed by atoms with Crippen molar-refractivity contribution in [2.75, 3.05) is 19.6 Å². The zero-order valence-electron chi connectivity index (χ0n) is 13.8. The second kappa shape index (κ2) is 7.40. The molecule has 1 aromatic heterocycles. The molecule has 2 aromatic rings. The van der Waals surface area contributed by atoms with Gasteiger partial charge in [0, 0.05) is 18.7 Å². The van der Waals surface area contributed by atoms with Gasteiger partial charge < -0.3 is 10.5 Å². The van der Waals surface area contributed by atoms with E-state index in [-0.39, 0.29) is 11.8 Å². The van der Waals surface area contributed by atoms with E-state index in [0.29, 0.717) is 12.4 Å². The second-order valence-electron chi connectivity index (χ2n) is 6.19. The van der Waals surface area contributed by atoms with E-state index in [1.54, 1.807) is 12.4 Å². The molecule has 126 valence electrons. The molecular weight excluding hydrogens is 304 g/mol. The molecule has 1 fully saturated rings. The van der Waals surface area contributed by atoms with Crippen molar-refractivity contribution >= 4 is 5.91 Å². The molecule has 1 amide bonds. The molecule has 2 N–H and O–H groups in total. The third kappa shape index (κ3) is 4.08. The van der Waals surface area contributed by atoms with Crippen LogP contribution in [0.3, 0.4) is 0 Å². The number of nitrogens with two attached hydrogens (primary N) is 1. The summed E-state index contributed by atoms with van der Waals surface area (Å²) in [4.78, 5) is 22.1. The summed E-state index contributed by atoms with van der Waals surface area (Å²) in [5.74, 6) is 1.22. The average molecular weight is 326 g/mol. The molecule has 1 aromatic carbocycles. The number of hydrogen-bond donors (Lipinski definition) is 1. The topological polar surface area (TPSA) is 81.3 Å². The van der Waals surface area contributed by atoms with Crippen LogP contribution >= 0.6 is 0 Å². The minimum absolute atomic E-state index is 0.242. The molecule has 24 heavy (non-hydrogen) atoms. The zero-order valence-corrected chi connectivity index (χ0v) is 13.8. The highest BCUT2D eigenvalue weighted by atomic mass is 16.5. The van der Waals surface area contributed by atoms with Crippen LogP contribution in [0.5, 0.6) is 11.6 Å². The van der Waals surface area contributed by atoms with Crippen LogP contribution in [0.4, 0.5) is 0 Å². The third-order valence-corrected chi connectivity index (χ3v) is 4.24. The molecule has 1 aliphatic heterocycles. The summed E-state index contributed by atoms with van der Waals surface area (Å²) in [6, 6.07) is 7.82. The fourth-order valence-corrected chi connectivity index (χ4v) is 3.05. The monoisotopic (exact) mass is 326 g/mol. The van der Waals surface area contributed by atoms with Crippen molar-refractivity contribution in [3.8, 4) is 11.6 Å². The van der Waals surface area contributed by atoms with Gasteiger partial charge in [0.2, 0.25) is 11.8 Å². The largest absolute Gasteiger partial charge is 0.437 e. The van der Waals surface area contributed by atoms with Crippen LogP contribution in [0.1, 0.15) is 30.0 Å². The van der Waals surface area contributed by atoms with E-state index in [1.807, 2.05) is 31.2 Å². The molecule has 0 bridgehead atoms. The zero-order chi connectivity index (χ0) is 16.9. The number of benzene rings is 1. The molecule has 0 radical (unpaired) electrons. The maximum atomic E-state index is 11.1. The minimum Gasteiger partial charge on any atom is -0.437 e. The van der Waals surface area contributed by atoms with Gasteiger partial charge in [-0.3, -0.25) is 14.7 Å². The molecule has 6 nitrogen and oxygen atoms in total. The van der Waals surface area contributed by atoms with E-state index in [1.165, 1.54) is 0 Å². The van der Waals surface area contributed by atoms with Gasteiger partial charge in [0.1, 0.15) is 5.75 Å². The van der Waals surface area contributed by atoms with E-state index >= 15 is 0 Å². The van der Waals surface area contributed by atoms with Crippen molar-refractivity contribution in [2.24, 2.45) is 5.73 Å². The van der Waals surface area contributed by atoms with Crippen LogP contribution in [0.15, 0.2) is 36.7 Å². The Morgan fingerprint density at radius 3 is 3.00 bits per heavy atom. The summed E-state index contributed by atoms with van der Waals surface area (Å²) in [7, 11) is 0. The number of rotatable bonds is 5. The van der Waals surface area contributed by atoms with E-state index in [0.717, 1.165) is 42.9 Å². The molecule has 6 heteroatoms. The quantitative estimate of drug-likeness (QED) is 0.911. The van der Waals surface area contributed by atoms with Gasteiger partial charge in [0.05, 0.1) is 18.4 Å². The Labute approximate surface area is 141 Å². The number of aromatic nitrogens is 2. The van der Waals surface area contributed by atoms with Gasteiger partial charge in [-0.1, -0.05) is 18.2 Å². The highest BCUT2D eigenvalue weighted by Gasteiger charge is 2.23. The van der Waals surface area contributed by atoms with Crippen molar-refractivity contribution < 1.29 is 9.53 Å². The Bertz CT molecular complexity index is 720. The fourth-order valence-electron chi connectivity index (χ4n) is 3.05. The third-order valence-electron chi connectivity index (χ3n) is 4.24. The molecule has 3 rings (SSSR count). The van der Waals surface area contributed by atoms with Gasteiger partial charge in [0.25, 0.3) is 0 Å². The maximum absolute atomic E-state index is 11.1. The molecule has 0 spiro atoms. The van der Waals surface area contributed by atoms with Gasteiger partial charge >= 0.3 is 0 Å². The fraction of sp³-hybridized carbons (Fsp3) is 0.389. The average Bonchev–Trinajstić information content (AvgIpc) is 2.57. The first-order chi connectivity index (χ1) is 11.6. The van der Waals surface area contributed by atoms with Crippen LogP contribution in [0.25, 0.3) is 0 Å². The summed E-state index contributed by atoms with van der Waals surface area (Å²) < 4.78 is 5.87. The van der Waals surface area contributed by atoms with Crippen LogP contribution in [-0.4, -0.2) is 40.4 Å². The Kier molecular flexibility index (Phi) is 5.05. The lowest BCUT2D eigenvalue weighted by atomic mass is 9.95. The lowest BCUT2D eigenvalue weighted by molar-refractivity contribution is -0.119. The first-order valence-corrected chi connectivity index (χ1v) is 8.18. The molecule has 2 heterocycles. The summed E-state index contributed by atoms with van der Waals surface area (Å²) in [5.41, 5.74) is 7.25. The Hall–Kier alpha value is -2.47. The number of primary amides is 1. The van der Waals surface area contributed by atoms with Crippen molar-refractivity contribution in [2.45, 2.75) is 25.7 Å². The lowest BCUT2D eigenvalue weighted by Crippen LogP contribution is -2.40. The van der Waals surface area contributed by atoms with Crippen LogP contribution < -0.4 is 10.5 Å². The number of ether oxygens (including phenoxy) is 1. The second-order valence-corrected chi connectivity index (χ2v) is 6.19. The smallest absolute Gasteiger partial charge is 0.238 e. The van der Waals surface area contributed by atoms with Gasteiger partial charge in [-0.25, -0.2) is 4.98 Å². The number of hydrogen-bond acceptors (Lipinski definition) is 5. The predicted molar refractivity (Wildman–Crippen MR) is 90.9 cm³/mol. The van der Waals surface area contributed by atoms with Crippen molar-refractivity contribution in [3.63, 3.8) is 0 Å². The summed E-state index contributed by atoms with van der Waals surface area (Å²) in [5, 5.41) is 0. The number of likely N-dealkylation sites (tertiary alicyclic amines) is 1. The maximum Gasteiger partial charge on any atom is 0.238 e. The Morgan fingerprint density at radius 1 is 1.38 bits per heavy atom. The molecular formula is C18H22N4O2. The van der Waals surface area contributed by atoms with E-state index in [2.05, 4.69) is 14.9 Å². The number of amides is 1. The van der Waals surface area contributed by atoms with E-state index in [9.17, 15) is 4.79 Å². The number of piperidine rings is 1. The Balaban J connectivity index is 1.73. The van der Waals surface area contributed by atoms with Gasteiger partial charge in [-0.2, -0.15) is 0 Å². The van der Waals surface area contributed by atoms with Crippen LogP contribution in [0, 0.1) is 6.92 Å². The first kappa shape index (κ1) is 16.4. The highest BCUT2D eigenvalue weighted by molar-refractivity contribution is 5.75. The van der Waals surface area contributed by atoms with Gasteiger partial charge in [-0.05, 0) is 37.9 Å². The predicted octanol–water partition coefficient (Wildman–Crippen LogP) is 2.24. The lowest BCUT2D eigenvalue weighted by Gasteiger charge is -2.31. The minimum atomic E-state index is -0.293. The normalized spacial score (nSPS) is 18.3. The number of nitrogens with zero attached hydrogens (tertiary/aromatic N) is 3. The van der Waals surface area contributed by atoms with E-state index in [4.69, 9.17) is 10.5 Å².